The second-order valence-corrected chi connectivity index (χ2v) is 3.09. The van der Waals surface area contributed by atoms with Gasteiger partial charge in [0.05, 0.1) is 0 Å². The van der Waals surface area contributed by atoms with Gasteiger partial charge in [-0.1, -0.05) is 18.6 Å². The lowest BCUT2D eigenvalue weighted by atomic mass is 9.95. The summed E-state index contributed by atoms with van der Waals surface area (Å²) in [4.78, 5) is 0. The van der Waals surface area contributed by atoms with E-state index in [-0.39, 0.29) is 0 Å². The predicted octanol–water partition coefficient (Wildman–Crippen LogP) is 2.08. The Morgan fingerprint density at radius 1 is 1.30 bits per heavy atom. The van der Waals surface area contributed by atoms with Crippen molar-refractivity contribution in [1.82, 2.24) is 0 Å². The molecular weight excluding hydrogens is 122 g/mol. The lowest BCUT2D eigenvalue weighted by molar-refractivity contribution is 0.467. The van der Waals surface area contributed by atoms with Gasteiger partial charge in [-0.05, 0) is 38.1 Å². The fourth-order valence-electron chi connectivity index (χ4n) is 1.43. The summed E-state index contributed by atoms with van der Waals surface area (Å²) in [6.45, 7) is 0.865. The summed E-state index contributed by atoms with van der Waals surface area (Å²) in [6, 6.07) is 0. The lowest BCUT2D eigenvalue weighted by Crippen LogP contribution is -2.14. The standard InChI is InChI=1S/C9H17N/c10-8-9-6-4-2-1-3-5-7-9/h2,4,9H,1,3,5-8,10H2/b4-2-. The molecule has 1 unspecified atom stereocenters. The summed E-state index contributed by atoms with van der Waals surface area (Å²) in [5, 5.41) is 0. The molecule has 0 amide bonds. The van der Waals surface area contributed by atoms with Crippen LogP contribution in [0.5, 0.6) is 0 Å². The molecule has 1 atom stereocenters. The predicted molar refractivity (Wildman–Crippen MR) is 44.8 cm³/mol. The van der Waals surface area contributed by atoms with Gasteiger partial charge in [-0.2, -0.15) is 0 Å². The average Bonchev–Trinajstić information content (AvgIpc) is 1.87. The Kier molecular flexibility index (Phi) is 3.52. The fourth-order valence-corrected chi connectivity index (χ4v) is 1.43. The highest BCUT2D eigenvalue weighted by atomic mass is 14.5. The van der Waals surface area contributed by atoms with Crippen molar-refractivity contribution in [1.29, 1.82) is 0 Å². The second-order valence-electron chi connectivity index (χ2n) is 3.09. The second kappa shape index (κ2) is 4.51. The maximum Gasteiger partial charge on any atom is -0.00459 e. The molecule has 0 saturated heterocycles. The molecule has 0 heterocycles. The number of nitrogens with two attached hydrogens (primary N) is 1. The lowest BCUT2D eigenvalue weighted by Gasteiger charge is -2.13. The van der Waals surface area contributed by atoms with Crippen molar-refractivity contribution >= 4 is 0 Å². The molecule has 1 heteroatoms. The summed E-state index contributed by atoms with van der Waals surface area (Å²) in [6.07, 6.45) is 11.1. The molecule has 0 saturated carbocycles. The van der Waals surface area contributed by atoms with Crippen molar-refractivity contribution in [2.75, 3.05) is 6.54 Å². The normalized spacial score (nSPS) is 30.7. The van der Waals surface area contributed by atoms with Gasteiger partial charge in [0.2, 0.25) is 0 Å². The Bertz CT molecular complexity index is 107. The number of hydrogen-bond acceptors (Lipinski definition) is 1. The Labute approximate surface area is 63.3 Å². The van der Waals surface area contributed by atoms with Crippen LogP contribution >= 0.6 is 0 Å². The molecule has 1 nitrogen and oxygen atoms in total. The van der Waals surface area contributed by atoms with Crippen LogP contribution in [0.25, 0.3) is 0 Å². The quantitative estimate of drug-likeness (QED) is 0.553. The molecule has 0 aromatic rings. The molecule has 0 fully saturated rings. The fraction of sp³-hybridized carbons (Fsp3) is 0.778. The molecule has 0 bridgehead atoms. The maximum absolute atomic E-state index is 5.59. The van der Waals surface area contributed by atoms with Crippen molar-refractivity contribution < 1.29 is 0 Å². The van der Waals surface area contributed by atoms with E-state index in [1.165, 1.54) is 32.1 Å². The maximum atomic E-state index is 5.59. The summed E-state index contributed by atoms with van der Waals surface area (Å²) >= 11 is 0. The summed E-state index contributed by atoms with van der Waals surface area (Å²) < 4.78 is 0. The highest BCUT2D eigenvalue weighted by molar-refractivity contribution is 4.86. The number of rotatable bonds is 1. The Hall–Kier alpha value is -0.300. The molecule has 0 aromatic carbocycles. The number of hydrogen-bond donors (Lipinski definition) is 1. The molecule has 10 heavy (non-hydrogen) atoms. The SMILES string of the molecule is NCC1C/C=C\CCCC1. The average molecular weight is 139 g/mol. The molecule has 1 rings (SSSR count). The van der Waals surface area contributed by atoms with Crippen LogP contribution in [0.15, 0.2) is 12.2 Å². The summed E-state index contributed by atoms with van der Waals surface area (Å²) in [5.74, 6) is 0.761. The highest BCUT2D eigenvalue weighted by Gasteiger charge is 2.04. The van der Waals surface area contributed by atoms with Gasteiger partial charge >= 0.3 is 0 Å². The molecule has 0 spiro atoms. The van der Waals surface area contributed by atoms with Crippen LogP contribution in [0.3, 0.4) is 0 Å². The third-order valence-electron chi connectivity index (χ3n) is 2.20. The molecule has 1 aliphatic carbocycles. The van der Waals surface area contributed by atoms with Gasteiger partial charge in [0.1, 0.15) is 0 Å². The molecule has 0 aliphatic heterocycles. The third kappa shape index (κ3) is 2.53. The molecule has 0 radical (unpaired) electrons. The van der Waals surface area contributed by atoms with E-state index in [9.17, 15) is 0 Å². The monoisotopic (exact) mass is 139 g/mol. The minimum Gasteiger partial charge on any atom is -0.330 e. The van der Waals surface area contributed by atoms with Gasteiger partial charge < -0.3 is 5.73 Å². The van der Waals surface area contributed by atoms with Crippen molar-refractivity contribution in [3.63, 3.8) is 0 Å². The van der Waals surface area contributed by atoms with Crippen LogP contribution in [0.2, 0.25) is 0 Å². The zero-order valence-electron chi connectivity index (χ0n) is 6.55. The van der Waals surface area contributed by atoms with Gasteiger partial charge in [0, 0.05) is 0 Å². The van der Waals surface area contributed by atoms with Crippen LogP contribution in [0, 0.1) is 5.92 Å². The van der Waals surface area contributed by atoms with Crippen LogP contribution in [-0.4, -0.2) is 6.54 Å². The summed E-state index contributed by atoms with van der Waals surface area (Å²) in [7, 11) is 0. The van der Waals surface area contributed by atoms with E-state index in [4.69, 9.17) is 5.73 Å². The van der Waals surface area contributed by atoms with E-state index in [1.807, 2.05) is 0 Å². The van der Waals surface area contributed by atoms with Crippen molar-refractivity contribution in [3.05, 3.63) is 12.2 Å². The van der Waals surface area contributed by atoms with Crippen molar-refractivity contribution in [2.24, 2.45) is 11.7 Å². The smallest absolute Gasteiger partial charge is 0.00459 e. The van der Waals surface area contributed by atoms with Crippen LogP contribution in [-0.2, 0) is 0 Å². The highest BCUT2D eigenvalue weighted by Crippen LogP contribution is 2.16. The molecule has 0 aromatic heterocycles. The Morgan fingerprint density at radius 2 is 2.20 bits per heavy atom. The van der Waals surface area contributed by atoms with Crippen molar-refractivity contribution in [2.45, 2.75) is 32.1 Å². The van der Waals surface area contributed by atoms with E-state index in [0.29, 0.717) is 0 Å². The third-order valence-corrected chi connectivity index (χ3v) is 2.20. The first-order valence-electron chi connectivity index (χ1n) is 4.28. The van der Waals surface area contributed by atoms with E-state index >= 15 is 0 Å². The van der Waals surface area contributed by atoms with E-state index < -0.39 is 0 Å². The molecular formula is C9H17N. The minimum atomic E-state index is 0.761. The zero-order valence-corrected chi connectivity index (χ0v) is 6.55. The molecule has 58 valence electrons. The first kappa shape index (κ1) is 7.80. The van der Waals surface area contributed by atoms with E-state index in [0.717, 1.165) is 12.5 Å². The van der Waals surface area contributed by atoms with Gasteiger partial charge in [0.25, 0.3) is 0 Å². The Balaban J connectivity index is 2.30. The summed E-state index contributed by atoms with van der Waals surface area (Å²) in [5.41, 5.74) is 5.59. The zero-order chi connectivity index (χ0) is 7.23. The van der Waals surface area contributed by atoms with Crippen LogP contribution in [0.4, 0.5) is 0 Å². The van der Waals surface area contributed by atoms with Crippen LogP contribution < -0.4 is 5.73 Å². The Morgan fingerprint density at radius 3 is 3.00 bits per heavy atom. The van der Waals surface area contributed by atoms with Crippen molar-refractivity contribution in [3.8, 4) is 0 Å². The first-order chi connectivity index (χ1) is 4.93. The number of allylic oxidation sites excluding steroid dienone is 2. The van der Waals surface area contributed by atoms with Gasteiger partial charge in [0.15, 0.2) is 0 Å². The largest absolute Gasteiger partial charge is 0.330 e. The molecule has 1 aliphatic rings. The van der Waals surface area contributed by atoms with E-state index in [2.05, 4.69) is 12.2 Å². The van der Waals surface area contributed by atoms with E-state index in [1.54, 1.807) is 0 Å². The topological polar surface area (TPSA) is 26.0 Å². The van der Waals surface area contributed by atoms with Gasteiger partial charge in [-0.3, -0.25) is 0 Å². The van der Waals surface area contributed by atoms with Gasteiger partial charge in [-0.15, -0.1) is 0 Å². The minimum absolute atomic E-state index is 0.761. The van der Waals surface area contributed by atoms with Gasteiger partial charge in [-0.25, -0.2) is 0 Å². The first-order valence-corrected chi connectivity index (χ1v) is 4.28. The molecule has 2 N–H and O–H groups in total. The van der Waals surface area contributed by atoms with Crippen LogP contribution in [0.1, 0.15) is 32.1 Å².